The van der Waals surface area contributed by atoms with Crippen molar-refractivity contribution in [1.29, 1.82) is 0 Å². The van der Waals surface area contributed by atoms with Crippen molar-refractivity contribution in [3.05, 3.63) is 35.9 Å². The maximum absolute atomic E-state index is 11.7. The van der Waals surface area contributed by atoms with Crippen LogP contribution in [0.5, 0.6) is 0 Å². The van der Waals surface area contributed by atoms with E-state index in [-0.39, 0.29) is 5.91 Å². The lowest BCUT2D eigenvalue weighted by Gasteiger charge is -2.08. The van der Waals surface area contributed by atoms with Gasteiger partial charge in [-0.15, -0.1) is 0 Å². The van der Waals surface area contributed by atoms with Gasteiger partial charge in [0, 0.05) is 11.6 Å². The van der Waals surface area contributed by atoms with Crippen LogP contribution in [0.4, 0.5) is 0 Å². The van der Waals surface area contributed by atoms with Crippen molar-refractivity contribution >= 4 is 11.7 Å². The van der Waals surface area contributed by atoms with Crippen molar-refractivity contribution in [1.82, 2.24) is 5.32 Å². The van der Waals surface area contributed by atoms with E-state index in [9.17, 15) is 4.79 Å². The van der Waals surface area contributed by atoms with E-state index in [1.54, 1.807) is 6.92 Å². The number of nitrogens with zero attached hydrogens (tertiary/aromatic N) is 1. The smallest absolute Gasteiger partial charge is 0.244 e. The number of amidine groups is 1. The molecule has 2 rings (SSSR count). The maximum atomic E-state index is 11.7. The molecule has 0 aromatic heterocycles. The molecule has 1 amide bonds. The molecule has 0 aliphatic heterocycles. The minimum atomic E-state index is -0.434. The zero-order valence-electron chi connectivity index (χ0n) is 9.89. The Balaban J connectivity index is 1.99. The van der Waals surface area contributed by atoms with Gasteiger partial charge in [0.15, 0.2) is 0 Å². The summed E-state index contributed by atoms with van der Waals surface area (Å²) in [6.07, 6.45) is 2.16. The number of hydrogen-bond donors (Lipinski definition) is 2. The molecule has 17 heavy (non-hydrogen) atoms. The molecule has 1 aromatic rings. The van der Waals surface area contributed by atoms with Gasteiger partial charge in [0.05, 0.1) is 0 Å². The normalized spacial score (nSPS) is 17.6. The van der Waals surface area contributed by atoms with Crippen LogP contribution in [0.2, 0.25) is 0 Å². The fraction of sp³-hybridized carbons (Fsp3) is 0.385. The summed E-state index contributed by atoms with van der Waals surface area (Å²) in [6.45, 7) is 1.76. The molecule has 1 aromatic carbocycles. The summed E-state index contributed by atoms with van der Waals surface area (Å²) in [6, 6.07) is 9.39. The number of amides is 1. The number of nitrogens with one attached hydrogen (secondary N) is 1. The van der Waals surface area contributed by atoms with Crippen molar-refractivity contribution in [2.45, 2.75) is 31.8 Å². The van der Waals surface area contributed by atoms with Crippen LogP contribution in [0.15, 0.2) is 35.3 Å². The molecule has 3 N–H and O–H groups in total. The van der Waals surface area contributed by atoms with Gasteiger partial charge in [-0.2, -0.15) is 0 Å². The third-order valence-corrected chi connectivity index (χ3v) is 2.71. The van der Waals surface area contributed by atoms with Crippen LogP contribution in [-0.4, -0.2) is 23.8 Å². The highest BCUT2D eigenvalue weighted by molar-refractivity contribution is 5.99. The molecule has 4 heteroatoms. The highest BCUT2D eigenvalue weighted by Gasteiger charge is 2.25. The summed E-state index contributed by atoms with van der Waals surface area (Å²) in [7, 11) is 0. The summed E-state index contributed by atoms with van der Waals surface area (Å²) in [4.78, 5) is 15.9. The van der Waals surface area contributed by atoms with E-state index in [2.05, 4.69) is 10.3 Å². The van der Waals surface area contributed by atoms with E-state index in [4.69, 9.17) is 5.73 Å². The van der Waals surface area contributed by atoms with Crippen LogP contribution in [0.3, 0.4) is 0 Å². The molecule has 1 aliphatic rings. The highest BCUT2D eigenvalue weighted by Crippen LogP contribution is 2.18. The lowest BCUT2D eigenvalue weighted by atomic mass is 10.2. The van der Waals surface area contributed by atoms with Crippen molar-refractivity contribution < 1.29 is 4.79 Å². The molecule has 1 atom stereocenters. The lowest BCUT2D eigenvalue weighted by Crippen LogP contribution is -2.34. The molecule has 0 heterocycles. The van der Waals surface area contributed by atoms with Crippen molar-refractivity contribution in [3.8, 4) is 0 Å². The van der Waals surface area contributed by atoms with Crippen LogP contribution in [-0.2, 0) is 4.79 Å². The van der Waals surface area contributed by atoms with Gasteiger partial charge in [0.25, 0.3) is 0 Å². The van der Waals surface area contributed by atoms with E-state index >= 15 is 0 Å². The van der Waals surface area contributed by atoms with Crippen LogP contribution >= 0.6 is 0 Å². The molecule has 0 spiro atoms. The average Bonchev–Trinajstić information content (AvgIpc) is 3.14. The second-order valence-electron chi connectivity index (χ2n) is 4.34. The Bertz CT molecular complexity index is 424. The van der Waals surface area contributed by atoms with E-state index in [0.29, 0.717) is 11.9 Å². The SMILES string of the molecule is CC(N=C(N)c1ccccc1)C(=O)NC1CC1. The second kappa shape index (κ2) is 4.99. The lowest BCUT2D eigenvalue weighted by molar-refractivity contribution is -0.122. The van der Waals surface area contributed by atoms with Gasteiger partial charge < -0.3 is 11.1 Å². The molecule has 0 saturated heterocycles. The Morgan fingerprint density at radius 1 is 1.41 bits per heavy atom. The molecule has 1 unspecified atom stereocenters. The number of carbonyl (C=O) groups is 1. The van der Waals surface area contributed by atoms with Crippen molar-refractivity contribution in [2.75, 3.05) is 0 Å². The molecule has 0 radical (unpaired) electrons. The number of nitrogens with two attached hydrogens (primary N) is 1. The first-order chi connectivity index (χ1) is 8.16. The Morgan fingerprint density at radius 3 is 2.65 bits per heavy atom. The summed E-state index contributed by atoms with van der Waals surface area (Å²) < 4.78 is 0. The number of carbonyl (C=O) groups excluding carboxylic acids is 1. The topological polar surface area (TPSA) is 67.5 Å². The van der Waals surface area contributed by atoms with Gasteiger partial charge in [-0.05, 0) is 19.8 Å². The predicted molar refractivity (Wildman–Crippen MR) is 67.8 cm³/mol. The first-order valence-electron chi connectivity index (χ1n) is 5.86. The summed E-state index contributed by atoms with van der Waals surface area (Å²) in [5.41, 5.74) is 6.70. The number of rotatable bonds is 4. The zero-order valence-corrected chi connectivity index (χ0v) is 9.89. The number of benzene rings is 1. The van der Waals surface area contributed by atoms with Crippen LogP contribution in [0.25, 0.3) is 0 Å². The zero-order chi connectivity index (χ0) is 12.3. The number of aliphatic imine (C=N–C) groups is 1. The van der Waals surface area contributed by atoms with Crippen LogP contribution < -0.4 is 11.1 Å². The molecule has 1 saturated carbocycles. The second-order valence-corrected chi connectivity index (χ2v) is 4.34. The summed E-state index contributed by atoms with van der Waals surface area (Å²) >= 11 is 0. The largest absolute Gasteiger partial charge is 0.383 e. The fourth-order valence-corrected chi connectivity index (χ4v) is 1.50. The molecular weight excluding hydrogens is 214 g/mol. The van der Waals surface area contributed by atoms with Crippen molar-refractivity contribution in [3.63, 3.8) is 0 Å². The van der Waals surface area contributed by atoms with Gasteiger partial charge in [0.1, 0.15) is 11.9 Å². The number of hydrogen-bond acceptors (Lipinski definition) is 2. The van der Waals surface area contributed by atoms with Gasteiger partial charge in [-0.25, -0.2) is 0 Å². The summed E-state index contributed by atoms with van der Waals surface area (Å²) in [5, 5.41) is 2.91. The fourth-order valence-electron chi connectivity index (χ4n) is 1.50. The first kappa shape index (κ1) is 11.6. The van der Waals surface area contributed by atoms with Gasteiger partial charge >= 0.3 is 0 Å². The Kier molecular flexibility index (Phi) is 3.42. The molecule has 1 fully saturated rings. The van der Waals surface area contributed by atoms with E-state index in [0.717, 1.165) is 18.4 Å². The van der Waals surface area contributed by atoms with Crippen LogP contribution in [0.1, 0.15) is 25.3 Å². The van der Waals surface area contributed by atoms with Crippen molar-refractivity contribution in [2.24, 2.45) is 10.7 Å². The van der Waals surface area contributed by atoms with Gasteiger partial charge in [-0.1, -0.05) is 30.3 Å². The highest BCUT2D eigenvalue weighted by atomic mass is 16.2. The maximum Gasteiger partial charge on any atom is 0.244 e. The predicted octanol–water partition coefficient (Wildman–Crippen LogP) is 1.06. The molecule has 4 nitrogen and oxygen atoms in total. The third-order valence-electron chi connectivity index (χ3n) is 2.71. The molecule has 0 bridgehead atoms. The molecule has 1 aliphatic carbocycles. The van der Waals surface area contributed by atoms with Gasteiger partial charge in [-0.3, -0.25) is 9.79 Å². The quantitative estimate of drug-likeness (QED) is 0.601. The third kappa shape index (κ3) is 3.31. The monoisotopic (exact) mass is 231 g/mol. The average molecular weight is 231 g/mol. The Labute approximate surface area is 101 Å². The standard InChI is InChI=1S/C13H17N3O/c1-9(13(17)16-11-7-8-11)15-12(14)10-5-3-2-4-6-10/h2-6,9,11H,7-8H2,1H3,(H2,14,15)(H,16,17). The molecule has 90 valence electrons. The van der Waals surface area contributed by atoms with Gasteiger partial charge in [0.2, 0.25) is 5.91 Å². The summed E-state index contributed by atoms with van der Waals surface area (Å²) in [5.74, 6) is 0.357. The minimum Gasteiger partial charge on any atom is -0.383 e. The van der Waals surface area contributed by atoms with E-state index in [1.165, 1.54) is 0 Å². The Morgan fingerprint density at radius 2 is 2.06 bits per heavy atom. The first-order valence-corrected chi connectivity index (χ1v) is 5.86. The van der Waals surface area contributed by atoms with E-state index < -0.39 is 6.04 Å². The van der Waals surface area contributed by atoms with E-state index in [1.807, 2.05) is 30.3 Å². The Hall–Kier alpha value is -1.84. The van der Waals surface area contributed by atoms with Crippen LogP contribution in [0, 0.1) is 0 Å². The molecular formula is C13H17N3O. The minimum absolute atomic E-state index is 0.0496.